The molecular weight excluding hydrogens is 268 g/mol. The van der Waals surface area contributed by atoms with Gasteiger partial charge in [-0.05, 0) is 13.0 Å². The third-order valence-corrected chi connectivity index (χ3v) is 3.94. The van der Waals surface area contributed by atoms with E-state index in [0.717, 1.165) is 48.2 Å². The standard InChI is InChI=1S/C11H16N4OS2/c1-16-6-5-12-4-2-3-10-14-15-11(18-10)9-7-17-8-13-9/h7-8,12H,2-6H2,1H3. The summed E-state index contributed by atoms with van der Waals surface area (Å²) in [4.78, 5) is 4.23. The number of aromatic nitrogens is 3. The van der Waals surface area contributed by atoms with Crippen LogP contribution in [0.5, 0.6) is 0 Å². The van der Waals surface area contributed by atoms with E-state index in [9.17, 15) is 0 Å². The summed E-state index contributed by atoms with van der Waals surface area (Å²) in [5.41, 5.74) is 2.75. The summed E-state index contributed by atoms with van der Waals surface area (Å²) in [6, 6.07) is 0. The third-order valence-electron chi connectivity index (χ3n) is 2.35. The summed E-state index contributed by atoms with van der Waals surface area (Å²) >= 11 is 3.21. The van der Waals surface area contributed by atoms with E-state index in [0.29, 0.717) is 0 Å². The third kappa shape index (κ3) is 4.09. The Morgan fingerprint density at radius 2 is 2.28 bits per heavy atom. The van der Waals surface area contributed by atoms with Gasteiger partial charge in [0.1, 0.15) is 10.7 Å². The second-order valence-corrected chi connectivity index (χ2v) is 5.50. The number of nitrogens with zero attached hydrogens (tertiary/aromatic N) is 3. The lowest BCUT2D eigenvalue weighted by Crippen LogP contribution is -2.20. The molecule has 0 aliphatic rings. The molecule has 98 valence electrons. The van der Waals surface area contributed by atoms with Crippen LogP contribution < -0.4 is 5.32 Å². The van der Waals surface area contributed by atoms with Crippen LogP contribution in [-0.2, 0) is 11.2 Å². The van der Waals surface area contributed by atoms with E-state index < -0.39 is 0 Å². The summed E-state index contributed by atoms with van der Waals surface area (Å²) in [6.45, 7) is 2.64. The van der Waals surface area contributed by atoms with Gasteiger partial charge in [0, 0.05) is 25.5 Å². The van der Waals surface area contributed by atoms with Gasteiger partial charge in [-0.2, -0.15) is 0 Å². The molecule has 5 nitrogen and oxygen atoms in total. The lowest BCUT2D eigenvalue weighted by Gasteiger charge is -2.01. The molecule has 0 radical (unpaired) electrons. The Morgan fingerprint density at radius 3 is 3.06 bits per heavy atom. The minimum atomic E-state index is 0.757. The van der Waals surface area contributed by atoms with Crippen LogP contribution in [0.4, 0.5) is 0 Å². The minimum Gasteiger partial charge on any atom is -0.383 e. The van der Waals surface area contributed by atoms with Crippen molar-refractivity contribution in [1.82, 2.24) is 20.5 Å². The number of aryl methyl sites for hydroxylation is 1. The maximum Gasteiger partial charge on any atom is 0.167 e. The SMILES string of the molecule is COCCNCCCc1nnc(-c2cscn2)s1. The van der Waals surface area contributed by atoms with E-state index in [1.807, 2.05) is 10.9 Å². The molecule has 0 saturated carbocycles. The number of thiazole rings is 1. The van der Waals surface area contributed by atoms with Crippen LogP contribution in [0.2, 0.25) is 0 Å². The molecule has 0 unspecified atom stereocenters. The zero-order valence-corrected chi connectivity index (χ0v) is 11.9. The van der Waals surface area contributed by atoms with Crippen molar-refractivity contribution in [1.29, 1.82) is 0 Å². The highest BCUT2D eigenvalue weighted by molar-refractivity contribution is 7.15. The number of hydrogen-bond donors (Lipinski definition) is 1. The predicted octanol–water partition coefficient (Wildman–Crippen LogP) is 1.83. The first-order chi connectivity index (χ1) is 8.90. The zero-order chi connectivity index (χ0) is 12.6. The summed E-state index contributed by atoms with van der Waals surface area (Å²) < 4.78 is 4.96. The van der Waals surface area contributed by atoms with Crippen molar-refractivity contribution in [3.05, 3.63) is 15.9 Å². The number of methoxy groups -OCH3 is 1. The number of rotatable bonds is 8. The molecule has 0 atom stereocenters. The summed E-state index contributed by atoms with van der Waals surface area (Å²) in [7, 11) is 1.71. The lowest BCUT2D eigenvalue weighted by atomic mass is 10.3. The fourth-order valence-electron chi connectivity index (χ4n) is 1.44. The second kappa shape index (κ2) is 7.52. The first-order valence-electron chi connectivity index (χ1n) is 5.80. The number of nitrogens with one attached hydrogen (secondary N) is 1. The monoisotopic (exact) mass is 284 g/mol. The Balaban J connectivity index is 1.71. The molecule has 2 aromatic heterocycles. The fourth-order valence-corrected chi connectivity index (χ4v) is 2.90. The van der Waals surface area contributed by atoms with Crippen LogP contribution in [0.1, 0.15) is 11.4 Å². The van der Waals surface area contributed by atoms with Gasteiger partial charge < -0.3 is 10.1 Å². The van der Waals surface area contributed by atoms with Gasteiger partial charge in [-0.3, -0.25) is 0 Å². The van der Waals surface area contributed by atoms with Crippen LogP contribution in [-0.4, -0.2) is 42.0 Å². The molecule has 2 aromatic rings. The molecule has 1 N–H and O–H groups in total. The van der Waals surface area contributed by atoms with Crippen molar-refractivity contribution in [3.8, 4) is 10.7 Å². The molecule has 0 bridgehead atoms. The lowest BCUT2D eigenvalue weighted by molar-refractivity contribution is 0.199. The van der Waals surface area contributed by atoms with Gasteiger partial charge in [0.05, 0.1) is 12.1 Å². The number of hydrogen-bond acceptors (Lipinski definition) is 7. The predicted molar refractivity (Wildman–Crippen MR) is 74.1 cm³/mol. The van der Waals surface area contributed by atoms with Crippen LogP contribution in [0.15, 0.2) is 10.9 Å². The quantitative estimate of drug-likeness (QED) is 0.749. The highest BCUT2D eigenvalue weighted by atomic mass is 32.1. The van der Waals surface area contributed by atoms with Gasteiger partial charge in [0.2, 0.25) is 0 Å². The molecule has 0 aliphatic heterocycles. The molecule has 0 spiro atoms. The Kier molecular flexibility index (Phi) is 5.66. The van der Waals surface area contributed by atoms with Gasteiger partial charge in [0.25, 0.3) is 0 Å². The first-order valence-corrected chi connectivity index (χ1v) is 7.56. The van der Waals surface area contributed by atoms with E-state index in [1.54, 1.807) is 29.8 Å². The highest BCUT2D eigenvalue weighted by Gasteiger charge is 2.07. The largest absolute Gasteiger partial charge is 0.383 e. The van der Waals surface area contributed by atoms with E-state index >= 15 is 0 Å². The summed E-state index contributed by atoms with van der Waals surface area (Å²) in [5, 5.41) is 15.6. The molecule has 0 fully saturated rings. The Morgan fingerprint density at radius 1 is 1.33 bits per heavy atom. The van der Waals surface area contributed by atoms with Gasteiger partial charge >= 0.3 is 0 Å². The highest BCUT2D eigenvalue weighted by Crippen LogP contribution is 2.23. The normalized spacial score (nSPS) is 10.9. The average molecular weight is 284 g/mol. The van der Waals surface area contributed by atoms with Gasteiger partial charge in [-0.15, -0.1) is 21.5 Å². The van der Waals surface area contributed by atoms with Crippen LogP contribution in [0, 0.1) is 0 Å². The van der Waals surface area contributed by atoms with Crippen molar-refractivity contribution >= 4 is 22.7 Å². The average Bonchev–Trinajstić information content (AvgIpc) is 3.03. The molecule has 0 aromatic carbocycles. The smallest absolute Gasteiger partial charge is 0.167 e. The summed E-state index contributed by atoms with van der Waals surface area (Å²) in [6.07, 6.45) is 2.02. The molecule has 7 heteroatoms. The molecule has 0 amide bonds. The molecule has 0 aliphatic carbocycles. The first kappa shape index (κ1) is 13.5. The number of ether oxygens (including phenoxy) is 1. The van der Waals surface area contributed by atoms with Crippen molar-refractivity contribution in [2.24, 2.45) is 0 Å². The van der Waals surface area contributed by atoms with Crippen molar-refractivity contribution in [2.75, 3.05) is 26.8 Å². The second-order valence-electron chi connectivity index (χ2n) is 3.72. The topological polar surface area (TPSA) is 59.9 Å². The van der Waals surface area contributed by atoms with E-state index in [4.69, 9.17) is 4.74 Å². The minimum absolute atomic E-state index is 0.757. The van der Waals surface area contributed by atoms with Crippen molar-refractivity contribution < 1.29 is 4.74 Å². The maximum atomic E-state index is 4.96. The van der Waals surface area contributed by atoms with E-state index in [2.05, 4.69) is 20.5 Å². The van der Waals surface area contributed by atoms with Gasteiger partial charge in [-0.25, -0.2) is 4.98 Å². The molecule has 18 heavy (non-hydrogen) atoms. The van der Waals surface area contributed by atoms with Gasteiger partial charge in [-0.1, -0.05) is 11.3 Å². The Bertz CT molecular complexity index is 444. The van der Waals surface area contributed by atoms with Crippen LogP contribution in [0.25, 0.3) is 10.7 Å². The molecular formula is C11H16N4OS2. The summed E-state index contributed by atoms with van der Waals surface area (Å²) in [5.74, 6) is 0. The van der Waals surface area contributed by atoms with Crippen LogP contribution in [0.3, 0.4) is 0 Å². The van der Waals surface area contributed by atoms with E-state index in [1.165, 1.54) is 0 Å². The molecule has 0 saturated heterocycles. The van der Waals surface area contributed by atoms with Gasteiger partial charge in [0.15, 0.2) is 5.01 Å². The molecule has 2 rings (SSSR count). The Labute approximate surface area is 114 Å². The maximum absolute atomic E-state index is 4.96. The van der Waals surface area contributed by atoms with Crippen molar-refractivity contribution in [2.45, 2.75) is 12.8 Å². The zero-order valence-electron chi connectivity index (χ0n) is 10.3. The fraction of sp³-hybridized carbons (Fsp3) is 0.545. The van der Waals surface area contributed by atoms with Crippen molar-refractivity contribution in [3.63, 3.8) is 0 Å². The van der Waals surface area contributed by atoms with E-state index in [-0.39, 0.29) is 0 Å². The Hall–Kier alpha value is -0.890. The molecule has 2 heterocycles. The van der Waals surface area contributed by atoms with Crippen LogP contribution >= 0.6 is 22.7 Å².